The topological polar surface area (TPSA) is 59.4 Å². The molecule has 0 unspecified atom stereocenters. The molecule has 1 amide bonds. The molecule has 0 bridgehead atoms. The van der Waals surface area contributed by atoms with Gasteiger partial charge in [0.15, 0.2) is 0 Å². The number of ether oxygens (including phenoxy) is 1. The van der Waals surface area contributed by atoms with Gasteiger partial charge in [-0.05, 0) is 6.07 Å². The van der Waals surface area contributed by atoms with Crippen LogP contribution in [0.4, 0.5) is 0 Å². The number of benzene rings is 1. The quantitative estimate of drug-likeness (QED) is 0.906. The number of para-hydroxylation sites is 1. The normalized spacial score (nSPS) is 17.8. The molecule has 0 radical (unpaired) electrons. The van der Waals surface area contributed by atoms with Crippen molar-refractivity contribution >= 4 is 5.91 Å². The van der Waals surface area contributed by atoms with Gasteiger partial charge in [-0.2, -0.15) is 0 Å². The van der Waals surface area contributed by atoms with E-state index in [4.69, 9.17) is 4.74 Å². The van der Waals surface area contributed by atoms with Gasteiger partial charge in [-0.3, -0.25) is 4.79 Å². The third-order valence-corrected chi connectivity index (χ3v) is 4.49. The standard InChI is InChI=1S/C18H24N4O2/c1-3-17-20-9-10-21(17)13-18(23)22-11-8-19-12-15(22)14-6-4-5-7-16(14)24-2/h4-7,9-10,15,19H,3,8,11-13H2,1-2H3/t15-/m0/s1. The average molecular weight is 328 g/mol. The molecule has 128 valence electrons. The Bertz CT molecular complexity index is 698. The summed E-state index contributed by atoms with van der Waals surface area (Å²) in [6, 6.07) is 7.89. The number of methoxy groups -OCH3 is 1. The number of aromatic nitrogens is 2. The summed E-state index contributed by atoms with van der Waals surface area (Å²) in [5.41, 5.74) is 1.04. The Kier molecular flexibility index (Phi) is 5.15. The molecule has 2 aromatic rings. The average Bonchev–Trinajstić information content (AvgIpc) is 3.08. The molecule has 6 heteroatoms. The zero-order valence-electron chi connectivity index (χ0n) is 14.2. The molecule has 1 saturated heterocycles. The van der Waals surface area contributed by atoms with E-state index >= 15 is 0 Å². The van der Waals surface area contributed by atoms with E-state index in [1.54, 1.807) is 13.3 Å². The molecule has 2 heterocycles. The number of rotatable bonds is 5. The first-order valence-electron chi connectivity index (χ1n) is 8.37. The van der Waals surface area contributed by atoms with Crippen molar-refractivity contribution in [1.29, 1.82) is 0 Å². The van der Waals surface area contributed by atoms with Crippen LogP contribution in [0.1, 0.15) is 24.4 Å². The number of hydrogen-bond donors (Lipinski definition) is 1. The van der Waals surface area contributed by atoms with Crippen LogP contribution in [0, 0.1) is 0 Å². The van der Waals surface area contributed by atoms with Crippen molar-refractivity contribution < 1.29 is 9.53 Å². The van der Waals surface area contributed by atoms with Gasteiger partial charge in [-0.15, -0.1) is 0 Å². The van der Waals surface area contributed by atoms with Gasteiger partial charge in [0.1, 0.15) is 18.1 Å². The predicted octanol–water partition coefficient (Wildman–Crippen LogP) is 1.63. The Morgan fingerprint density at radius 3 is 3.04 bits per heavy atom. The summed E-state index contributed by atoms with van der Waals surface area (Å²) in [5.74, 6) is 1.87. The van der Waals surface area contributed by atoms with E-state index in [1.165, 1.54) is 0 Å². The van der Waals surface area contributed by atoms with Crippen molar-refractivity contribution in [1.82, 2.24) is 19.8 Å². The fraction of sp³-hybridized carbons (Fsp3) is 0.444. The van der Waals surface area contributed by atoms with E-state index in [0.29, 0.717) is 13.1 Å². The second-order valence-corrected chi connectivity index (χ2v) is 5.87. The van der Waals surface area contributed by atoms with Crippen LogP contribution in [0.25, 0.3) is 0 Å². The van der Waals surface area contributed by atoms with Crippen LogP contribution in [0.15, 0.2) is 36.7 Å². The number of piperazine rings is 1. The number of amides is 1. The largest absolute Gasteiger partial charge is 0.496 e. The van der Waals surface area contributed by atoms with Crippen LogP contribution in [0.5, 0.6) is 5.75 Å². The molecule has 0 saturated carbocycles. The number of hydrogen-bond acceptors (Lipinski definition) is 4. The van der Waals surface area contributed by atoms with E-state index in [0.717, 1.165) is 36.6 Å². The Hall–Kier alpha value is -2.34. The molecule has 3 rings (SSSR count). The monoisotopic (exact) mass is 328 g/mol. The summed E-state index contributed by atoms with van der Waals surface area (Å²) in [6.07, 6.45) is 4.44. The van der Waals surface area contributed by atoms with Gasteiger partial charge >= 0.3 is 0 Å². The van der Waals surface area contributed by atoms with Crippen molar-refractivity contribution in [3.8, 4) is 5.75 Å². The van der Waals surface area contributed by atoms with Gasteiger partial charge in [-0.25, -0.2) is 4.98 Å². The van der Waals surface area contributed by atoms with Crippen molar-refractivity contribution in [2.45, 2.75) is 25.9 Å². The Labute approximate surface area is 142 Å². The number of nitrogens with zero attached hydrogens (tertiary/aromatic N) is 3. The third kappa shape index (κ3) is 3.28. The molecule has 0 aliphatic carbocycles. The third-order valence-electron chi connectivity index (χ3n) is 4.49. The van der Waals surface area contributed by atoms with Crippen LogP contribution in [0.3, 0.4) is 0 Å². The minimum atomic E-state index is -0.0176. The molecule has 1 aromatic heterocycles. The van der Waals surface area contributed by atoms with Crippen LogP contribution in [0.2, 0.25) is 0 Å². The molecule has 1 aliphatic rings. The highest BCUT2D eigenvalue weighted by molar-refractivity contribution is 5.77. The lowest BCUT2D eigenvalue weighted by Crippen LogP contribution is -2.49. The van der Waals surface area contributed by atoms with E-state index in [2.05, 4.69) is 10.3 Å². The van der Waals surface area contributed by atoms with Gasteiger partial charge in [0.25, 0.3) is 0 Å². The second kappa shape index (κ2) is 7.49. The lowest BCUT2D eigenvalue weighted by atomic mass is 10.0. The summed E-state index contributed by atoms with van der Waals surface area (Å²) in [7, 11) is 1.67. The van der Waals surface area contributed by atoms with Crippen LogP contribution in [-0.4, -0.2) is 47.1 Å². The van der Waals surface area contributed by atoms with Crippen molar-refractivity contribution in [2.24, 2.45) is 0 Å². The Morgan fingerprint density at radius 1 is 1.42 bits per heavy atom. The molecule has 1 atom stereocenters. The number of nitrogens with one attached hydrogen (secondary N) is 1. The van der Waals surface area contributed by atoms with Crippen molar-refractivity contribution in [3.05, 3.63) is 48.0 Å². The zero-order chi connectivity index (χ0) is 16.9. The first-order chi connectivity index (χ1) is 11.7. The summed E-state index contributed by atoms with van der Waals surface area (Å²) in [5, 5.41) is 3.38. The molecule has 1 N–H and O–H groups in total. The zero-order valence-corrected chi connectivity index (χ0v) is 14.2. The highest BCUT2D eigenvalue weighted by Gasteiger charge is 2.29. The number of carbonyl (C=O) groups excluding carboxylic acids is 1. The first kappa shape index (κ1) is 16.5. The van der Waals surface area contributed by atoms with E-state index in [1.807, 2.05) is 46.9 Å². The Balaban J connectivity index is 1.83. The van der Waals surface area contributed by atoms with E-state index in [9.17, 15) is 4.79 Å². The summed E-state index contributed by atoms with van der Waals surface area (Å²) >= 11 is 0. The van der Waals surface area contributed by atoms with E-state index in [-0.39, 0.29) is 11.9 Å². The maximum Gasteiger partial charge on any atom is 0.243 e. The smallest absolute Gasteiger partial charge is 0.243 e. The molecular formula is C18H24N4O2. The van der Waals surface area contributed by atoms with Gasteiger partial charge < -0.3 is 19.5 Å². The SMILES string of the molecule is CCc1nccn1CC(=O)N1CCNC[C@H]1c1ccccc1OC. The molecule has 24 heavy (non-hydrogen) atoms. The van der Waals surface area contributed by atoms with Crippen molar-refractivity contribution in [2.75, 3.05) is 26.7 Å². The van der Waals surface area contributed by atoms with Gasteiger partial charge in [-0.1, -0.05) is 25.1 Å². The fourth-order valence-corrected chi connectivity index (χ4v) is 3.26. The van der Waals surface area contributed by atoms with Crippen LogP contribution in [-0.2, 0) is 17.8 Å². The maximum absolute atomic E-state index is 12.9. The van der Waals surface area contributed by atoms with Crippen molar-refractivity contribution in [3.63, 3.8) is 0 Å². The van der Waals surface area contributed by atoms with Crippen LogP contribution < -0.4 is 10.1 Å². The number of aryl methyl sites for hydroxylation is 1. The maximum atomic E-state index is 12.9. The lowest BCUT2D eigenvalue weighted by molar-refractivity contribution is -0.135. The number of imidazole rings is 1. The molecular weight excluding hydrogens is 304 g/mol. The first-order valence-corrected chi connectivity index (χ1v) is 8.37. The summed E-state index contributed by atoms with van der Waals surface area (Å²) in [6.45, 7) is 4.61. The number of carbonyl (C=O) groups is 1. The fourth-order valence-electron chi connectivity index (χ4n) is 3.26. The molecule has 1 fully saturated rings. The molecule has 1 aromatic carbocycles. The minimum absolute atomic E-state index is 0.0176. The van der Waals surface area contributed by atoms with Gasteiger partial charge in [0, 0.05) is 44.0 Å². The Morgan fingerprint density at radius 2 is 2.25 bits per heavy atom. The lowest BCUT2D eigenvalue weighted by Gasteiger charge is -2.37. The highest BCUT2D eigenvalue weighted by atomic mass is 16.5. The van der Waals surface area contributed by atoms with Gasteiger partial charge in [0.05, 0.1) is 13.2 Å². The predicted molar refractivity (Wildman–Crippen MR) is 91.9 cm³/mol. The second-order valence-electron chi connectivity index (χ2n) is 5.87. The molecule has 1 aliphatic heterocycles. The molecule has 6 nitrogen and oxygen atoms in total. The van der Waals surface area contributed by atoms with Crippen LogP contribution >= 0.6 is 0 Å². The van der Waals surface area contributed by atoms with Gasteiger partial charge in [0.2, 0.25) is 5.91 Å². The molecule has 0 spiro atoms. The summed E-state index contributed by atoms with van der Waals surface area (Å²) < 4.78 is 7.42. The summed E-state index contributed by atoms with van der Waals surface area (Å²) in [4.78, 5) is 19.2. The van der Waals surface area contributed by atoms with E-state index < -0.39 is 0 Å². The minimum Gasteiger partial charge on any atom is -0.496 e. The highest BCUT2D eigenvalue weighted by Crippen LogP contribution is 2.30.